The zero-order chi connectivity index (χ0) is 16.4. The number of halogens is 2. The summed E-state index contributed by atoms with van der Waals surface area (Å²) < 4.78 is 31.8. The lowest BCUT2D eigenvalue weighted by atomic mass is 9.79. The third-order valence-corrected chi connectivity index (χ3v) is 3.63. The van der Waals surface area contributed by atoms with E-state index in [1.165, 1.54) is 6.07 Å². The molecule has 22 heavy (non-hydrogen) atoms. The summed E-state index contributed by atoms with van der Waals surface area (Å²) in [5.74, 6) is -0.723. The van der Waals surface area contributed by atoms with Crippen molar-refractivity contribution in [2.24, 2.45) is 0 Å². The number of nitrogens with zero attached hydrogens (tertiary/aromatic N) is 1. The van der Waals surface area contributed by atoms with Crippen molar-refractivity contribution in [3.8, 4) is 0 Å². The van der Waals surface area contributed by atoms with Gasteiger partial charge in [0.15, 0.2) is 5.78 Å². The Morgan fingerprint density at radius 3 is 2.41 bits per heavy atom. The number of anilines is 1. The fraction of sp³-hybridized carbons (Fsp3) is 0.333. The molecule has 116 valence electrons. The van der Waals surface area contributed by atoms with E-state index < -0.39 is 29.7 Å². The van der Waals surface area contributed by atoms with Gasteiger partial charge < -0.3 is 9.32 Å². The maximum absolute atomic E-state index is 13.3. The van der Waals surface area contributed by atoms with Crippen molar-refractivity contribution >= 4 is 35.2 Å². The van der Waals surface area contributed by atoms with Gasteiger partial charge in [-0.15, -0.1) is 0 Å². The van der Waals surface area contributed by atoms with Gasteiger partial charge in [0.2, 0.25) is 0 Å². The third-order valence-electron chi connectivity index (χ3n) is 3.63. The first-order valence-electron chi connectivity index (χ1n) is 7.05. The van der Waals surface area contributed by atoms with Gasteiger partial charge in [0.1, 0.15) is 11.1 Å². The molecule has 0 amide bonds. The highest BCUT2D eigenvalue weighted by Crippen LogP contribution is 2.22. The summed E-state index contributed by atoms with van der Waals surface area (Å²) in [6, 6.07) is 4.71. The van der Waals surface area contributed by atoms with Crippen LogP contribution in [0, 0.1) is 0 Å². The molecule has 0 saturated carbocycles. The van der Waals surface area contributed by atoms with E-state index >= 15 is 0 Å². The van der Waals surface area contributed by atoms with Crippen molar-refractivity contribution in [1.82, 2.24) is 0 Å². The molecule has 0 unspecified atom stereocenters. The molecule has 7 heteroatoms. The Bertz CT molecular complexity index is 769. The standard InChI is InChI=1S/C15H16BF2NO3/c1-4-19(5-2)10-6-7-11-12(8-10)22-15(21)13(9(3)20)14(11)16(17)18/h6-8H,4-5H2,1-3H3. The Balaban J connectivity index is 2.79. The topological polar surface area (TPSA) is 50.5 Å². The van der Waals surface area contributed by atoms with Crippen LogP contribution in [0.2, 0.25) is 0 Å². The minimum Gasteiger partial charge on any atom is -0.422 e. The Kier molecular flexibility index (Phi) is 4.64. The summed E-state index contributed by atoms with van der Waals surface area (Å²) in [5.41, 5.74) is -1.30. The van der Waals surface area contributed by atoms with Crippen LogP contribution in [0.4, 0.5) is 14.3 Å². The van der Waals surface area contributed by atoms with Crippen LogP contribution in [0.1, 0.15) is 31.1 Å². The summed E-state index contributed by atoms with van der Waals surface area (Å²) in [6.45, 7) is 6.48. The quantitative estimate of drug-likeness (QED) is 0.484. The molecule has 2 aromatic rings. The Hall–Kier alpha value is -2.18. The van der Waals surface area contributed by atoms with Crippen molar-refractivity contribution in [3.05, 3.63) is 34.2 Å². The number of rotatable bonds is 5. The smallest absolute Gasteiger partial charge is 0.422 e. The van der Waals surface area contributed by atoms with Gasteiger partial charge in [0.05, 0.1) is 0 Å². The van der Waals surface area contributed by atoms with E-state index in [4.69, 9.17) is 4.42 Å². The van der Waals surface area contributed by atoms with Gasteiger partial charge in [-0.05, 0) is 32.9 Å². The SMILES string of the molecule is CCN(CC)c1ccc2c(B(F)F)c(C(C)=O)c(=O)oc2c1. The predicted octanol–water partition coefficient (Wildman–Crippen LogP) is 2.48. The second-order valence-electron chi connectivity index (χ2n) is 4.89. The van der Waals surface area contributed by atoms with Crippen molar-refractivity contribution in [2.75, 3.05) is 18.0 Å². The first-order valence-corrected chi connectivity index (χ1v) is 7.05. The number of fused-ring (bicyclic) bond motifs is 1. The summed E-state index contributed by atoms with van der Waals surface area (Å²) in [6.07, 6.45) is 0. The molecule has 0 saturated heterocycles. The number of hydrogen-bond acceptors (Lipinski definition) is 4. The minimum absolute atomic E-state index is 0.0645. The van der Waals surface area contributed by atoms with E-state index in [9.17, 15) is 18.2 Å². The molecule has 1 heterocycles. The molecular formula is C15H16BF2NO3. The Morgan fingerprint density at radius 2 is 1.91 bits per heavy atom. The Morgan fingerprint density at radius 1 is 1.27 bits per heavy atom. The number of carbonyl (C=O) groups excluding carboxylic acids is 1. The lowest BCUT2D eigenvalue weighted by molar-refractivity contribution is 0.101. The van der Waals surface area contributed by atoms with E-state index in [1.807, 2.05) is 18.7 Å². The molecule has 0 aliphatic carbocycles. The average Bonchev–Trinajstić information content (AvgIpc) is 2.46. The maximum atomic E-state index is 13.3. The maximum Gasteiger partial charge on any atom is 0.573 e. The molecule has 4 nitrogen and oxygen atoms in total. The van der Waals surface area contributed by atoms with Crippen molar-refractivity contribution in [1.29, 1.82) is 0 Å². The highest BCUT2D eigenvalue weighted by Gasteiger charge is 2.29. The highest BCUT2D eigenvalue weighted by atomic mass is 19.2. The number of ketones is 1. The lowest BCUT2D eigenvalue weighted by Gasteiger charge is -2.21. The first kappa shape index (κ1) is 16.2. The molecule has 0 aliphatic rings. The molecule has 1 aromatic carbocycles. The molecule has 0 atom stereocenters. The molecule has 0 N–H and O–H groups in total. The van der Waals surface area contributed by atoms with E-state index in [0.29, 0.717) is 0 Å². The van der Waals surface area contributed by atoms with Crippen molar-refractivity contribution in [2.45, 2.75) is 20.8 Å². The lowest BCUT2D eigenvalue weighted by Crippen LogP contribution is -2.34. The van der Waals surface area contributed by atoms with Crippen molar-refractivity contribution in [3.63, 3.8) is 0 Å². The van der Waals surface area contributed by atoms with Crippen LogP contribution in [0.15, 0.2) is 27.4 Å². The van der Waals surface area contributed by atoms with Crippen LogP contribution < -0.4 is 16.0 Å². The van der Waals surface area contributed by atoms with Crippen LogP contribution in [0.3, 0.4) is 0 Å². The largest absolute Gasteiger partial charge is 0.573 e. The molecule has 0 fully saturated rings. The zero-order valence-electron chi connectivity index (χ0n) is 12.7. The molecule has 0 spiro atoms. The van der Waals surface area contributed by atoms with Gasteiger partial charge in [0, 0.05) is 35.7 Å². The molecule has 0 bridgehead atoms. The molecule has 2 rings (SSSR count). The van der Waals surface area contributed by atoms with Crippen LogP contribution in [0.25, 0.3) is 11.0 Å². The highest BCUT2D eigenvalue weighted by molar-refractivity contribution is 6.64. The second-order valence-corrected chi connectivity index (χ2v) is 4.89. The normalized spacial score (nSPS) is 10.8. The fourth-order valence-electron chi connectivity index (χ4n) is 2.56. The van der Waals surface area contributed by atoms with Crippen LogP contribution in [-0.4, -0.2) is 26.1 Å². The fourth-order valence-corrected chi connectivity index (χ4v) is 2.56. The molecule has 0 aliphatic heterocycles. The van der Waals surface area contributed by atoms with Gasteiger partial charge >= 0.3 is 12.9 Å². The summed E-state index contributed by atoms with van der Waals surface area (Å²) >= 11 is 0. The van der Waals surface area contributed by atoms with E-state index in [1.54, 1.807) is 12.1 Å². The number of benzene rings is 1. The Labute approximate surface area is 126 Å². The first-order chi connectivity index (χ1) is 10.4. The van der Waals surface area contributed by atoms with Crippen LogP contribution in [-0.2, 0) is 0 Å². The van der Waals surface area contributed by atoms with Gasteiger partial charge in [-0.1, -0.05) is 0 Å². The number of carbonyl (C=O) groups is 1. The van der Waals surface area contributed by atoms with Gasteiger partial charge in [-0.25, -0.2) is 4.79 Å². The monoisotopic (exact) mass is 307 g/mol. The second kappa shape index (κ2) is 6.29. The zero-order valence-corrected chi connectivity index (χ0v) is 12.7. The summed E-state index contributed by atoms with van der Waals surface area (Å²) in [5, 5.41) is 0.0932. The van der Waals surface area contributed by atoms with Gasteiger partial charge in [-0.3, -0.25) is 13.4 Å². The number of hydrogen-bond donors (Lipinski definition) is 0. The van der Waals surface area contributed by atoms with E-state index in [2.05, 4.69) is 0 Å². The van der Waals surface area contributed by atoms with Gasteiger partial charge in [-0.2, -0.15) is 0 Å². The molecule has 0 radical (unpaired) electrons. The third kappa shape index (κ3) is 2.75. The van der Waals surface area contributed by atoms with Gasteiger partial charge in [0.25, 0.3) is 0 Å². The number of Topliss-reactive ketones (excluding diaryl/α,β-unsaturated/α-hetero) is 1. The summed E-state index contributed by atoms with van der Waals surface area (Å²) in [4.78, 5) is 25.4. The predicted molar refractivity (Wildman–Crippen MR) is 83.7 cm³/mol. The van der Waals surface area contributed by atoms with E-state index in [0.717, 1.165) is 25.7 Å². The van der Waals surface area contributed by atoms with Crippen LogP contribution >= 0.6 is 0 Å². The minimum atomic E-state index is -2.93. The molecular weight excluding hydrogens is 291 g/mol. The summed E-state index contributed by atoms with van der Waals surface area (Å²) in [7, 11) is -2.93. The van der Waals surface area contributed by atoms with Crippen LogP contribution in [0.5, 0.6) is 0 Å². The van der Waals surface area contributed by atoms with E-state index in [-0.39, 0.29) is 11.0 Å². The molecule has 1 aromatic heterocycles. The average molecular weight is 307 g/mol. The van der Waals surface area contributed by atoms with Crippen molar-refractivity contribution < 1.29 is 17.8 Å².